The van der Waals surface area contributed by atoms with Gasteiger partial charge in [0.25, 0.3) is 6.01 Å². The molecule has 30 heavy (non-hydrogen) atoms. The number of halogens is 3. The third-order valence-electron chi connectivity index (χ3n) is 4.36. The molecule has 0 saturated heterocycles. The van der Waals surface area contributed by atoms with E-state index in [1.54, 1.807) is 11.3 Å². The van der Waals surface area contributed by atoms with Gasteiger partial charge in [0.15, 0.2) is 5.76 Å². The fraction of sp³-hybridized carbons (Fsp3) is 0.136. The first-order valence-electron chi connectivity index (χ1n) is 9.20. The highest BCUT2D eigenvalue weighted by Crippen LogP contribution is 2.31. The maximum Gasteiger partial charge on any atom is 0.416 e. The Hall–Kier alpha value is -3.52. The van der Waals surface area contributed by atoms with Crippen LogP contribution in [0.3, 0.4) is 0 Å². The average molecular weight is 413 g/mol. The lowest BCUT2D eigenvalue weighted by Gasteiger charge is -2.22. The summed E-state index contributed by atoms with van der Waals surface area (Å²) in [4.78, 5) is 9.92. The van der Waals surface area contributed by atoms with Crippen molar-refractivity contribution < 1.29 is 22.4 Å². The van der Waals surface area contributed by atoms with Crippen LogP contribution in [0.25, 0.3) is 11.3 Å². The van der Waals surface area contributed by atoms with E-state index in [9.17, 15) is 13.2 Å². The van der Waals surface area contributed by atoms with Gasteiger partial charge in [-0.05, 0) is 23.8 Å². The topological polar surface area (TPSA) is 50.5 Å². The normalized spacial score (nSPS) is 14.0. The van der Waals surface area contributed by atoms with Gasteiger partial charge in [-0.25, -0.2) is 4.98 Å². The highest BCUT2D eigenvalue weighted by Gasteiger charge is 2.30. The first-order chi connectivity index (χ1) is 14.5. The zero-order valence-electron chi connectivity index (χ0n) is 15.8. The second-order valence-electron chi connectivity index (χ2n) is 6.58. The number of benzene rings is 2. The highest BCUT2D eigenvalue weighted by atomic mass is 19.4. The molecule has 2 heterocycles. The maximum atomic E-state index is 12.7. The Morgan fingerprint density at radius 2 is 1.83 bits per heavy atom. The quantitative estimate of drug-likeness (QED) is 0.569. The van der Waals surface area contributed by atoms with Crippen LogP contribution < -0.4 is 5.32 Å². The summed E-state index contributed by atoms with van der Waals surface area (Å²) < 4.78 is 43.7. The van der Waals surface area contributed by atoms with Crippen molar-refractivity contribution in [3.05, 3.63) is 96.0 Å². The van der Waals surface area contributed by atoms with Crippen molar-refractivity contribution in [3.63, 3.8) is 0 Å². The van der Waals surface area contributed by atoms with Crippen LogP contribution in [0.1, 0.15) is 11.1 Å². The molecule has 1 aliphatic heterocycles. The number of aromatic nitrogens is 1. The molecule has 0 bridgehead atoms. The Morgan fingerprint density at radius 3 is 2.57 bits per heavy atom. The molecule has 4 rings (SSSR count). The summed E-state index contributed by atoms with van der Waals surface area (Å²) in [5.41, 5.74) is 1.56. The number of hydrogen-bond donors (Lipinski definition) is 1. The molecule has 8 heteroatoms. The molecular formula is C22H18F3N3O2. The van der Waals surface area contributed by atoms with Gasteiger partial charge < -0.3 is 9.73 Å². The lowest BCUT2D eigenvalue weighted by atomic mass is 10.1. The predicted molar refractivity (Wildman–Crippen MR) is 106 cm³/mol. The van der Waals surface area contributed by atoms with Crippen molar-refractivity contribution in [1.29, 1.82) is 0 Å². The van der Waals surface area contributed by atoms with Gasteiger partial charge in [-0.3, -0.25) is 9.90 Å². The molecule has 0 unspecified atom stereocenters. The molecule has 0 fully saturated rings. The van der Waals surface area contributed by atoms with Gasteiger partial charge in [-0.1, -0.05) is 48.5 Å². The van der Waals surface area contributed by atoms with Gasteiger partial charge in [-0.15, -0.1) is 0 Å². The van der Waals surface area contributed by atoms with Crippen molar-refractivity contribution in [2.75, 3.05) is 11.9 Å². The average Bonchev–Trinajstić information content (AvgIpc) is 3.21. The number of allylic oxidation sites excluding steroid dienone is 1. The zero-order valence-corrected chi connectivity index (χ0v) is 15.8. The summed E-state index contributed by atoms with van der Waals surface area (Å²) in [7, 11) is 0. The Bertz CT molecular complexity index is 1040. The molecule has 1 N–H and O–H groups in total. The van der Waals surface area contributed by atoms with Crippen LogP contribution in [0.4, 0.5) is 19.2 Å². The molecule has 3 aromatic rings. The Balaban J connectivity index is 1.39. The lowest BCUT2D eigenvalue weighted by molar-refractivity contribution is -0.137. The number of alkyl halides is 3. The molecule has 5 nitrogen and oxygen atoms in total. The molecule has 0 atom stereocenters. The van der Waals surface area contributed by atoms with Gasteiger partial charge >= 0.3 is 6.18 Å². The van der Waals surface area contributed by atoms with Crippen LogP contribution >= 0.6 is 0 Å². The van der Waals surface area contributed by atoms with Gasteiger partial charge in [0.2, 0.25) is 0 Å². The molecule has 0 saturated carbocycles. The Labute approximate surface area is 171 Å². The lowest BCUT2D eigenvalue weighted by Crippen LogP contribution is -2.22. The molecular weight excluding hydrogens is 395 g/mol. The smallest absolute Gasteiger partial charge is 0.416 e. The molecule has 2 aromatic carbocycles. The molecule has 1 aromatic heterocycles. The van der Waals surface area contributed by atoms with Gasteiger partial charge in [0, 0.05) is 5.56 Å². The minimum Gasteiger partial charge on any atom is -0.423 e. The summed E-state index contributed by atoms with van der Waals surface area (Å²) in [6.07, 6.45) is 2.66. The number of hydroxylamine groups is 2. The van der Waals surface area contributed by atoms with Crippen molar-refractivity contribution in [1.82, 2.24) is 10.0 Å². The second-order valence-corrected chi connectivity index (χ2v) is 6.58. The number of rotatable bonds is 6. The number of hydrogen-bond acceptors (Lipinski definition) is 5. The number of anilines is 1. The van der Waals surface area contributed by atoms with Crippen LogP contribution in [0.15, 0.2) is 89.3 Å². The summed E-state index contributed by atoms with van der Waals surface area (Å²) in [6, 6.07) is 14.8. The van der Waals surface area contributed by atoms with Crippen molar-refractivity contribution >= 4 is 6.01 Å². The summed E-state index contributed by atoms with van der Waals surface area (Å²) >= 11 is 0. The first-order valence-corrected chi connectivity index (χ1v) is 9.20. The van der Waals surface area contributed by atoms with Crippen LogP contribution in [-0.4, -0.2) is 16.6 Å². The highest BCUT2D eigenvalue weighted by molar-refractivity contribution is 5.58. The van der Waals surface area contributed by atoms with Gasteiger partial charge in [-0.2, -0.15) is 13.2 Å². The molecule has 154 valence electrons. The third kappa shape index (κ3) is 4.90. The molecule has 1 aliphatic rings. The Kier molecular flexibility index (Phi) is 5.58. The number of nitrogens with one attached hydrogen (secondary N) is 1. The molecule has 0 amide bonds. The summed E-state index contributed by atoms with van der Waals surface area (Å²) in [6.45, 7) is 1.04. The third-order valence-corrected chi connectivity index (χ3v) is 4.36. The molecule has 0 radical (unpaired) electrons. The van der Waals surface area contributed by atoms with Crippen LogP contribution in [0.5, 0.6) is 0 Å². The maximum absolute atomic E-state index is 12.7. The van der Waals surface area contributed by atoms with Gasteiger partial charge in [0.1, 0.15) is 0 Å². The molecule has 0 aliphatic carbocycles. The van der Waals surface area contributed by atoms with E-state index in [1.807, 2.05) is 42.5 Å². The van der Waals surface area contributed by atoms with Crippen LogP contribution in [0, 0.1) is 0 Å². The van der Waals surface area contributed by atoms with Crippen molar-refractivity contribution in [2.45, 2.75) is 12.8 Å². The number of nitrogens with zero attached hydrogens (tertiary/aromatic N) is 2. The largest absolute Gasteiger partial charge is 0.423 e. The fourth-order valence-electron chi connectivity index (χ4n) is 2.84. The second kappa shape index (κ2) is 8.46. The zero-order chi connectivity index (χ0) is 21.0. The fourth-order valence-corrected chi connectivity index (χ4v) is 2.84. The molecule has 0 spiro atoms. The van der Waals surface area contributed by atoms with E-state index in [4.69, 9.17) is 9.25 Å². The standard InChI is InChI=1S/C22H18F3N3O2/c23-22(24,25)18-10-8-17(9-11-18)20-13-26-21(30-20)27-19-7-4-12-28(14-19)29-15-16-5-2-1-3-6-16/h1-11,13-14H,12,15H2,(H,26,27). The van der Waals surface area contributed by atoms with Crippen LogP contribution in [-0.2, 0) is 17.6 Å². The van der Waals surface area contributed by atoms with Crippen molar-refractivity contribution in [3.8, 4) is 11.3 Å². The minimum absolute atomic E-state index is 0.228. The number of oxazole rings is 1. The first kappa shape index (κ1) is 19.8. The van der Waals surface area contributed by atoms with E-state index in [-0.39, 0.29) is 6.01 Å². The van der Waals surface area contributed by atoms with E-state index in [1.165, 1.54) is 18.3 Å². The van der Waals surface area contributed by atoms with E-state index in [2.05, 4.69) is 10.3 Å². The van der Waals surface area contributed by atoms with Crippen LogP contribution in [0.2, 0.25) is 0 Å². The SMILES string of the molecule is FC(F)(F)c1ccc(-c2cnc(NC3=CN(OCc4ccccc4)CC=C3)o2)cc1. The van der Waals surface area contributed by atoms with Gasteiger partial charge in [0.05, 0.1) is 36.8 Å². The van der Waals surface area contributed by atoms with E-state index in [0.717, 1.165) is 17.7 Å². The van der Waals surface area contributed by atoms with Crippen molar-refractivity contribution in [2.24, 2.45) is 0 Å². The van der Waals surface area contributed by atoms with E-state index < -0.39 is 11.7 Å². The minimum atomic E-state index is -4.37. The monoisotopic (exact) mass is 413 g/mol. The predicted octanol–water partition coefficient (Wildman–Crippen LogP) is 5.62. The summed E-state index contributed by atoms with van der Waals surface area (Å²) in [5, 5.41) is 4.72. The van der Waals surface area contributed by atoms with E-state index in [0.29, 0.717) is 30.2 Å². The Morgan fingerprint density at radius 1 is 1.07 bits per heavy atom. The van der Waals surface area contributed by atoms with E-state index >= 15 is 0 Å². The summed E-state index contributed by atoms with van der Waals surface area (Å²) in [5.74, 6) is 0.365.